The zero-order valence-electron chi connectivity index (χ0n) is 9.83. The Hall–Kier alpha value is -0.410. The van der Waals surface area contributed by atoms with Crippen LogP contribution >= 0.6 is 0 Å². The number of unbranched alkanes of at least 4 members (excludes halogenated alkanes) is 3. The van der Waals surface area contributed by atoms with Gasteiger partial charge in [-0.3, -0.25) is 9.69 Å². The predicted octanol–water partition coefficient (Wildman–Crippen LogP) is 1.86. The van der Waals surface area contributed by atoms with Gasteiger partial charge in [-0.25, -0.2) is 0 Å². The fourth-order valence-corrected chi connectivity index (χ4v) is 1.84. The lowest BCUT2D eigenvalue weighted by molar-refractivity contribution is -0.121. The first-order valence-corrected chi connectivity index (χ1v) is 6.14. The van der Waals surface area contributed by atoms with Crippen molar-refractivity contribution in [2.45, 2.75) is 39.0 Å². The number of hydrogen-bond donors (Lipinski definition) is 0. The van der Waals surface area contributed by atoms with Crippen LogP contribution in [-0.4, -0.2) is 43.5 Å². The maximum absolute atomic E-state index is 11.6. The van der Waals surface area contributed by atoms with E-state index in [1.807, 2.05) is 0 Å². The van der Waals surface area contributed by atoms with E-state index in [1.54, 1.807) is 0 Å². The Balaban J connectivity index is 2.01. The second-order valence-corrected chi connectivity index (χ2v) is 4.24. The van der Waals surface area contributed by atoms with Crippen molar-refractivity contribution in [3.63, 3.8) is 0 Å². The first kappa shape index (κ1) is 12.7. The van der Waals surface area contributed by atoms with Crippen LogP contribution in [0.2, 0.25) is 0 Å². The molecule has 1 saturated heterocycles. The number of carbonyl (C=O) groups is 1. The van der Waals surface area contributed by atoms with Crippen molar-refractivity contribution in [1.82, 2.24) is 4.90 Å². The molecular formula is C12H23NO2. The van der Waals surface area contributed by atoms with Gasteiger partial charge in [0.1, 0.15) is 5.78 Å². The standard InChI is InChI=1S/C12H23NO2/c1-2-3-4-5-6-12(14)11-13-7-9-15-10-8-13/h2-11H2,1H3. The van der Waals surface area contributed by atoms with E-state index in [2.05, 4.69) is 11.8 Å². The van der Waals surface area contributed by atoms with E-state index in [9.17, 15) is 4.79 Å². The van der Waals surface area contributed by atoms with Gasteiger partial charge in [-0.15, -0.1) is 0 Å². The van der Waals surface area contributed by atoms with Crippen molar-refractivity contribution < 1.29 is 9.53 Å². The zero-order valence-corrected chi connectivity index (χ0v) is 9.83. The molecule has 0 aromatic heterocycles. The van der Waals surface area contributed by atoms with Crippen LogP contribution in [0, 0.1) is 0 Å². The van der Waals surface area contributed by atoms with Crippen molar-refractivity contribution in [1.29, 1.82) is 0 Å². The molecule has 0 atom stereocenters. The largest absolute Gasteiger partial charge is 0.379 e. The molecule has 1 aliphatic heterocycles. The van der Waals surface area contributed by atoms with Crippen LogP contribution in [0.5, 0.6) is 0 Å². The molecule has 15 heavy (non-hydrogen) atoms. The third-order valence-corrected chi connectivity index (χ3v) is 2.81. The van der Waals surface area contributed by atoms with Gasteiger partial charge in [0, 0.05) is 19.5 Å². The van der Waals surface area contributed by atoms with Crippen LogP contribution in [0.1, 0.15) is 39.0 Å². The second kappa shape index (κ2) is 7.83. The van der Waals surface area contributed by atoms with Crippen molar-refractivity contribution in [3.05, 3.63) is 0 Å². The van der Waals surface area contributed by atoms with Gasteiger partial charge in [-0.2, -0.15) is 0 Å². The summed E-state index contributed by atoms with van der Waals surface area (Å²) in [4.78, 5) is 13.8. The molecule has 0 aliphatic carbocycles. The molecule has 1 rings (SSSR count). The normalized spacial score (nSPS) is 17.9. The molecule has 3 nitrogen and oxygen atoms in total. The molecule has 1 fully saturated rings. The number of ether oxygens (including phenoxy) is 1. The van der Waals surface area contributed by atoms with E-state index >= 15 is 0 Å². The Bertz CT molecular complexity index is 176. The summed E-state index contributed by atoms with van der Waals surface area (Å²) in [5, 5.41) is 0. The van der Waals surface area contributed by atoms with E-state index in [1.165, 1.54) is 19.3 Å². The lowest BCUT2D eigenvalue weighted by atomic mass is 10.1. The maximum Gasteiger partial charge on any atom is 0.146 e. The van der Waals surface area contributed by atoms with Gasteiger partial charge < -0.3 is 4.74 Å². The minimum absolute atomic E-state index is 0.396. The van der Waals surface area contributed by atoms with Crippen LogP contribution in [0.3, 0.4) is 0 Å². The molecule has 0 aromatic rings. The molecule has 0 radical (unpaired) electrons. The Morgan fingerprint density at radius 2 is 1.93 bits per heavy atom. The second-order valence-electron chi connectivity index (χ2n) is 4.24. The number of rotatable bonds is 7. The lowest BCUT2D eigenvalue weighted by Gasteiger charge is -2.25. The third-order valence-electron chi connectivity index (χ3n) is 2.81. The van der Waals surface area contributed by atoms with Gasteiger partial charge in [0.2, 0.25) is 0 Å². The molecule has 1 aliphatic rings. The average molecular weight is 213 g/mol. The van der Waals surface area contributed by atoms with Crippen LogP contribution in [0.15, 0.2) is 0 Å². The lowest BCUT2D eigenvalue weighted by Crippen LogP contribution is -2.39. The first-order chi connectivity index (χ1) is 7.33. The van der Waals surface area contributed by atoms with Gasteiger partial charge in [-0.1, -0.05) is 26.2 Å². The smallest absolute Gasteiger partial charge is 0.146 e. The van der Waals surface area contributed by atoms with Crippen molar-refractivity contribution >= 4 is 5.78 Å². The Morgan fingerprint density at radius 1 is 1.20 bits per heavy atom. The van der Waals surface area contributed by atoms with E-state index in [0.717, 1.165) is 39.1 Å². The average Bonchev–Trinajstić information content (AvgIpc) is 2.26. The van der Waals surface area contributed by atoms with Crippen LogP contribution in [0.4, 0.5) is 0 Å². The number of morpholine rings is 1. The summed E-state index contributed by atoms with van der Waals surface area (Å²) in [5.41, 5.74) is 0. The third kappa shape index (κ3) is 5.90. The van der Waals surface area contributed by atoms with Crippen molar-refractivity contribution in [3.8, 4) is 0 Å². The van der Waals surface area contributed by atoms with Gasteiger partial charge in [0.05, 0.1) is 19.8 Å². The van der Waals surface area contributed by atoms with E-state index in [4.69, 9.17) is 4.74 Å². The summed E-state index contributed by atoms with van der Waals surface area (Å²) >= 11 is 0. The van der Waals surface area contributed by atoms with E-state index < -0.39 is 0 Å². The quantitative estimate of drug-likeness (QED) is 0.605. The molecule has 1 heterocycles. The molecule has 3 heteroatoms. The van der Waals surface area contributed by atoms with Gasteiger partial charge in [0.15, 0.2) is 0 Å². The Labute approximate surface area is 92.8 Å². The molecule has 0 amide bonds. The summed E-state index contributed by atoms with van der Waals surface area (Å²) in [6.07, 6.45) is 5.52. The predicted molar refractivity (Wildman–Crippen MR) is 61.0 cm³/mol. The fraction of sp³-hybridized carbons (Fsp3) is 0.917. The van der Waals surface area contributed by atoms with E-state index in [0.29, 0.717) is 12.3 Å². The highest BCUT2D eigenvalue weighted by molar-refractivity contribution is 5.80. The number of hydrogen-bond acceptors (Lipinski definition) is 3. The monoisotopic (exact) mass is 213 g/mol. The number of carbonyl (C=O) groups excluding carboxylic acids is 1. The summed E-state index contributed by atoms with van der Waals surface area (Å²) in [6, 6.07) is 0. The van der Waals surface area contributed by atoms with Crippen molar-refractivity contribution in [2.75, 3.05) is 32.8 Å². The molecule has 0 aromatic carbocycles. The fourth-order valence-electron chi connectivity index (χ4n) is 1.84. The van der Waals surface area contributed by atoms with Gasteiger partial charge >= 0.3 is 0 Å². The molecular weight excluding hydrogens is 190 g/mol. The molecule has 0 N–H and O–H groups in total. The maximum atomic E-state index is 11.6. The van der Waals surface area contributed by atoms with Gasteiger partial charge in [0.25, 0.3) is 0 Å². The Kier molecular flexibility index (Phi) is 6.60. The van der Waals surface area contributed by atoms with Gasteiger partial charge in [-0.05, 0) is 6.42 Å². The molecule has 0 saturated carbocycles. The summed E-state index contributed by atoms with van der Waals surface area (Å²) in [7, 11) is 0. The van der Waals surface area contributed by atoms with Crippen molar-refractivity contribution in [2.24, 2.45) is 0 Å². The Morgan fingerprint density at radius 3 is 2.60 bits per heavy atom. The summed E-state index contributed by atoms with van der Waals surface area (Å²) in [5.74, 6) is 0.396. The molecule has 0 spiro atoms. The minimum atomic E-state index is 0.396. The zero-order chi connectivity index (χ0) is 10.9. The first-order valence-electron chi connectivity index (χ1n) is 6.14. The highest BCUT2D eigenvalue weighted by Crippen LogP contribution is 2.04. The molecule has 88 valence electrons. The highest BCUT2D eigenvalue weighted by atomic mass is 16.5. The summed E-state index contributed by atoms with van der Waals surface area (Å²) in [6.45, 7) is 6.22. The summed E-state index contributed by atoms with van der Waals surface area (Å²) < 4.78 is 5.24. The topological polar surface area (TPSA) is 29.5 Å². The van der Waals surface area contributed by atoms with Crippen LogP contribution < -0.4 is 0 Å². The minimum Gasteiger partial charge on any atom is -0.379 e. The molecule has 0 unspecified atom stereocenters. The number of ketones is 1. The van der Waals surface area contributed by atoms with Crippen LogP contribution in [0.25, 0.3) is 0 Å². The van der Waals surface area contributed by atoms with Crippen LogP contribution in [-0.2, 0) is 9.53 Å². The highest BCUT2D eigenvalue weighted by Gasteiger charge is 2.13. The number of Topliss-reactive ketones (excluding diaryl/α,β-unsaturated/α-hetero) is 1. The van der Waals surface area contributed by atoms with E-state index in [-0.39, 0.29) is 0 Å². The SMILES string of the molecule is CCCCCCC(=O)CN1CCOCC1. The number of nitrogens with zero attached hydrogens (tertiary/aromatic N) is 1. The molecule has 0 bridgehead atoms.